The number of pyridine rings is 1. The fourth-order valence-electron chi connectivity index (χ4n) is 6.02. The number of hydrogen-bond donors (Lipinski definition) is 3. The fourth-order valence-corrected chi connectivity index (χ4v) is 6.02. The van der Waals surface area contributed by atoms with Crippen LogP contribution in [0.3, 0.4) is 0 Å². The van der Waals surface area contributed by atoms with E-state index in [0.717, 1.165) is 10.9 Å². The van der Waals surface area contributed by atoms with Crippen LogP contribution in [0, 0.1) is 5.92 Å². The summed E-state index contributed by atoms with van der Waals surface area (Å²) in [7, 11) is 0. The zero-order valence-electron chi connectivity index (χ0n) is 32.7. The smallest absolute Gasteiger partial charge is 0.408 e. The Morgan fingerprint density at radius 2 is 1.65 bits per heavy atom. The quantitative estimate of drug-likeness (QED) is 0.111. The Morgan fingerprint density at radius 1 is 0.944 bits per heavy atom. The first-order chi connectivity index (χ1) is 25.5. The summed E-state index contributed by atoms with van der Waals surface area (Å²) in [5.74, 6) is -0.536. The second kappa shape index (κ2) is 18.4. The molecule has 0 fully saturated rings. The maximum atomic E-state index is 13.7. The average molecular weight is 750 g/mol. The van der Waals surface area contributed by atoms with Crippen molar-refractivity contribution in [3.05, 3.63) is 42.2 Å². The third kappa shape index (κ3) is 11.6. The molecule has 294 valence electrons. The molecule has 0 saturated heterocycles. The van der Waals surface area contributed by atoms with Gasteiger partial charge in [0.05, 0.1) is 29.8 Å². The number of imide groups is 1. The van der Waals surface area contributed by atoms with Gasteiger partial charge in [0.1, 0.15) is 29.6 Å². The van der Waals surface area contributed by atoms with Crippen molar-refractivity contribution in [2.45, 2.75) is 111 Å². The van der Waals surface area contributed by atoms with E-state index in [1.807, 2.05) is 63.5 Å². The van der Waals surface area contributed by atoms with Crippen molar-refractivity contribution in [1.82, 2.24) is 30.1 Å². The van der Waals surface area contributed by atoms with Gasteiger partial charge in [-0.15, -0.1) is 0 Å². The summed E-state index contributed by atoms with van der Waals surface area (Å²) < 4.78 is 19.6. The molecule has 15 nitrogen and oxygen atoms in total. The number of para-hydroxylation sites is 1. The second-order valence-electron chi connectivity index (χ2n) is 15.2. The van der Waals surface area contributed by atoms with Gasteiger partial charge in [-0.05, 0) is 66.4 Å². The number of carbonyl (C=O) groups excluding carboxylic acids is 5. The molecule has 3 heterocycles. The highest BCUT2D eigenvalue weighted by molar-refractivity contribution is 6.13. The largest absolute Gasteiger partial charge is 0.444 e. The molecule has 0 unspecified atom stereocenters. The molecule has 1 aliphatic heterocycles. The number of nitrogens with one attached hydrogen (secondary N) is 3. The van der Waals surface area contributed by atoms with Crippen LogP contribution in [0.4, 0.5) is 10.6 Å². The van der Waals surface area contributed by atoms with Crippen LogP contribution in [0.5, 0.6) is 0 Å². The van der Waals surface area contributed by atoms with Crippen LogP contribution in [0.25, 0.3) is 21.9 Å². The molecular weight excluding hydrogens is 694 g/mol. The summed E-state index contributed by atoms with van der Waals surface area (Å²) in [5.41, 5.74) is 0.403. The first-order valence-corrected chi connectivity index (χ1v) is 18.6. The topological polar surface area (TPSA) is 183 Å². The van der Waals surface area contributed by atoms with Crippen molar-refractivity contribution in [2.75, 3.05) is 31.6 Å². The maximum Gasteiger partial charge on any atom is 0.408 e. The number of carbonyl (C=O) groups is 5. The normalized spacial score (nSPS) is 14.0. The highest BCUT2D eigenvalue weighted by atomic mass is 16.6. The van der Waals surface area contributed by atoms with Crippen LogP contribution in [0.2, 0.25) is 0 Å². The summed E-state index contributed by atoms with van der Waals surface area (Å²) in [6.45, 7) is 16.7. The molecule has 15 heteroatoms. The van der Waals surface area contributed by atoms with Gasteiger partial charge in [0.2, 0.25) is 11.8 Å². The molecule has 4 rings (SSSR count). The number of hydrogen-bond acceptors (Lipinski definition) is 10. The maximum absolute atomic E-state index is 13.7. The number of rotatable bonds is 19. The first-order valence-electron chi connectivity index (χ1n) is 18.6. The highest BCUT2D eigenvalue weighted by Crippen LogP contribution is 2.32. The molecule has 1 atom stereocenters. The van der Waals surface area contributed by atoms with Crippen molar-refractivity contribution in [1.29, 1.82) is 0 Å². The number of benzene rings is 1. The number of nitrogens with zero attached hydrogens (tertiary/aromatic N) is 4. The van der Waals surface area contributed by atoms with Crippen molar-refractivity contribution >= 4 is 57.5 Å². The van der Waals surface area contributed by atoms with E-state index < -0.39 is 29.2 Å². The molecule has 3 N–H and O–H groups in total. The molecule has 1 aromatic carbocycles. The third-order valence-electron chi connectivity index (χ3n) is 8.60. The minimum Gasteiger partial charge on any atom is -0.444 e. The summed E-state index contributed by atoms with van der Waals surface area (Å²) in [6.07, 6.45) is 4.18. The van der Waals surface area contributed by atoms with E-state index in [1.54, 1.807) is 20.8 Å². The highest BCUT2D eigenvalue weighted by Gasteiger charge is 2.30. The van der Waals surface area contributed by atoms with Gasteiger partial charge in [-0.25, -0.2) is 14.8 Å². The van der Waals surface area contributed by atoms with E-state index in [9.17, 15) is 24.0 Å². The zero-order valence-corrected chi connectivity index (χ0v) is 32.7. The van der Waals surface area contributed by atoms with Gasteiger partial charge < -0.3 is 34.7 Å². The van der Waals surface area contributed by atoms with Gasteiger partial charge in [-0.1, -0.05) is 38.5 Å². The van der Waals surface area contributed by atoms with E-state index in [2.05, 4.69) is 16.0 Å². The van der Waals surface area contributed by atoms with E-state index in [0.29, 0.717) is 68.8 Å². The Balaban J connectivity index is 1.45. The lowest BCUT2D eigenvalue weighted by Crippen LogP contribution is -2.48. The number of unbranched alkanes of at least 4 members (excludes halogenated alkanes) is 2. The number of ether oxygens (including phenoxy) is 3. The molecule has 0 saturated carbocycles. The molecule has 1 aliphatic rings. The Bertz CT molecular complexity index is 1840. The minimum atomic E-state index is -0.905. The Hall–Kier alpha value is -4.89. The fraction of sp³-hybridized carbons (Fsp3) is 0.564. The lowest BCUT2D eigenvalue weighted by molar-refractivity contribution is -0.137. The van der Waals surface area contributed by atoms with E-state index in [1.165, 1.54) is 17.1 Å². The zero-order chi connectivity index (χ0) is 39.6. The van der Waals surface area contributed by atoms with Crippen LogP contribution >= 0.6 is 0 Å². The van der Waals surface area contributed by atoms with Crippen molar-refractivity contribution < 1.29 is 38.2 Å². The lowest BCUT2D eigenvalue weighted by Gasteiger charge is -2.27. The van der Waals surface area contributed by atoms with E-state index in [4.69, 9.17) is 24.2 Å². The summed E-state index contributed by atoms with van der Waals surface area (Å²) in [4.78, 5) is 73.1. The van der Waals surface area contributed by atoms with Crippen LogP contribution < -0.4 is 16.0 Å². The van der Waals surface area contributed by atoms with Gasteiger partial charge in [0, 0.05) is 43.7 Å². The molecule has 0 spiro atoms. The molecule has 0 radical (unpaired) electrons. The second-order valence-corrected chi connectivity index (χ2v) is 15.2. The van der Waals surface area contributed by atoms with Gasteiger partial charge in [0.25, 0.3) is 11.8 Å². The van der Waals surface area contributed by atoms with Gasteiger partial charge in [0.15, 0.2) is 5.82 Å². The molecule has 54 heavy (non-hydrogen) atoms. The molecule has 5 amide bonds. The standard InChI is InChI=1S/C39H55N7O8/c1-9-52-23-28-42-33-34(26-15-12-13-16-27(26)41-35(33)44-36(50)32(25(2)3)43-37(51)54-38(4,5)6)46(28)24-39(7,8)53-22-20-40-29(47)17-11-10-14-21-45-30(48)18-19-31(45)49/h12-13,15-16,18-19,25,32H,9-11,14,17,20-24H2,1-8H3,(H,40,47)(H,43,51)(H,41,44,50)/t32-/m0/s1. The Labute approximate surface area is 316 Å². The first kappa shape index (κ1) is 41.9. The number of fused-ring (bicyclic) bond motifs is 3. The molecule has 3 aromatic rings. The van der Waals surface area contributed by atoms with E-state index >= 15 is 0 Å². The van der Waals surface area contributed by atoms with Gasteiger partial charge in [-0.2, -0.15) is 0 Å². The van der Waals surface area contributed by atoms with Crippen molar-refractivity contribution in [3.63, 3.8) is 0 Å². The SMILES string of the molecule is CCOCc1nc2c(NC(=O)[C@@H](NC(=O)OC(C)(C)C)C(C)C)nc3ccccc3c2n1CC(C)(C)OCCNC(=O)CCCCCN1C(=O)C=CC1=O. The molecule has 0 bridgehead atoms. The van der Waals surface area contributed by atoms with Crippen molar-refractivity contribution in [3.8, 4) is 0 Å². The Kier molecular flexibility index (Phi) is 14.3. The molecular formula is C39H55N7O8. The third-order valence-corrected chi connectivity index (χ3v) is 8.60. The number of aromatic nitrogens is 3. The summed E-state index contributed by atoms with van der Waals surface area (Å²) in [5, 5.41) is 9.36. The number of imidazole rings is 1. The van der Waals surface area contributed by atoms with E-state index in [-0.39, 0.29) is 42.7 Å². The van der Waals surface area contributed by atoms with Crippen LogP contribution in [0.15, 0.2) is 36.4 Å². The number of alkyl carbamates (subject to hydrolysis) is 1. The Morgan fingerprint density at radius 3 is 2.31 bits per heavy atom. The van der Waals surface area contributed by atoms with Gasteiger partial charge >= 0.3 is 6.09 Å². The minimum absolute atomic E-state index is 0.0967. The number of anilines is 1. The van der Waals surface area contributed by atoms with Crippen LogP contribution in [-0.4, -0.2) is 92.7 Å². The monoisotopic (exact) mass is 749 g/mol. The summed E-state index contributed by atoms with van der Waals surface area (Å²) >= 11 is 0. The van der Waals surface area contributed by atoms with Crippen molar-refractivity contribution in [2.24, 2.45) is 5.92 Å². The average Bonchev–Trinajstić information content (AvgIpc) is 3.61. The van der Waals surface area contributed by atoms with Crippen LogP contribution in [0.1, 0.15) is 86.9 Å². The summed E-state index contributed by atoms with van der Waals surface area (Å²) in [6, 6.07) is 6.69. The predicted molar refractivity (Wildman–Crippen MR) is 204 cm³/mol. The lowest BCUT2D eigenvalue weighted by atomic mass is 10.0. The van der Waals surface area contributed by atoms with Gasteiger partial charge in [-0.3, -0.25) is 24.1 Å². The molecule has 0 aliphatic carbocycles. The number of amides is 5. The predicted octanol–water partition coefficient (Wildman–Crippen LogP) is 5.01. The molecule has 2 aromatic heterocycles. The van der Waals surface area contributed by atoms with Crippen LogP contribution in [-0.2, 0) is 46.5 Å².